The van der Waals surface area contributed by atoms with Crippen LogP contribution in [-0.4, -0.2) is 31.6 Å². The smallest absolute Gasteiger partial charge is 0.287 e. The van der Waals surface area contributed by atoms with Crippen molar-refractivity contribution < 1.29 is 0 Å². The van der Waals surface area contributed by atoms with Gasteiger partial charge in [0.05, 0.1) is 5.39 Å². The molecule has 4 N–H and O–H groups in total. The van der Waals surface area contributed by atoms with Gasteiger partial charge in [-0.05, 0) is 6.26 Å². The molecule has 0 bridgehead atoms. The zero-order chi connectivity index (χ0) is 12.9. The third kappa shape index (κ3) is 1.27. The molecular weight excluding hydrogens is 258 g/mol. The van der Waals surface area contributed by atoms with E-state index in [9.17, 15) is 14.4 Å². The molecule has 0 fully saturated rings. The summed E-state index contributed by atoms with van der Waals surface area (Å²) >= 11 is 1.28. The predicted molar refractivity (Wildman–Crippen MR) is 67.2 cm³/mol. The number of nitrogens with zero attached hydrogens (tertiary/aromatic N) is 1. The molecule has 0 saturated carbocycles. The van der Waals surface area contributed by atoms with E-state index in [0.29, 0.717) is 10.7 Å². The lowest BCUT2D eigenvalue weighted by molar-refractivity contribution is 0.969. The van der Waals surface area contributed by atoms with E-state index in [-0.39, 0.29) is 16.3 Å². The predicted octanol–water partition coefficient (Wildman–Crippen LogP) is -0.497. The monoisotopic (exact) mass is 265 g/mol. The minimum atomic E-state index is -0.638. The third-order valence-corrected chi connectivity index (χ3v) is 3.31. The maximum Gasteiger partial charge on any atom is 0.287 e. The summed E-state index contributed by atoms with van der Waals surface area (Å²) in [6, 6.07) is 0. The Balaban J connectivity index is 2.73. The van der Waals surface area contributed by atoms with Crippen LogP contribution in [0.3, 0.4) is 0 Å². The van der Waals surface area contributed by atoms with Crippen molar-refractivity contribution in [2.75, 3.05) is 6.26 Å². The Morgan fingerprint density at radius 2 is 1.78 bits per heavy atom. The molecule has 0 aliphatic heterocycles. The van der Waals surface area contributed by atoms with Gasteiger partial charge in [-0.1, -0.05) is 0 Å². The quantitative estimate of drug-likeness (QED) is 0.441. The lowest BCUT2D eigenvalue weighted by atomic mass is 10.2. The van der Waals surface area contributed by atoms with Gasteiger partial charge in [0.2, 0.25) is 5.43 Å². The number of aromatic amines is 4. The van der Waals surface area contributed by atoms with Crippen LogP contribution in [0.2, 0.25) is 0 Å². The molecule has 8 nitrogen and oxygen atoms in total. The first-order valence-electron chi connectivity index (χ1n) is 4.92. The molecule has 92 valence electrons. The van der Waals surface area contributed by atoms with Crippen LogP contribution in [-0.2, 0) is 0 Å². The first kappa shape index (κ1) is 10.8. The van der Waals surface area contributed by atoms with Crippen molar-refractivity contribution in [1.82, 2.24) is 25.4 Å². The maximum absolute atomic E-state index is 12.2. The molecule has 3 rings (SSSR count). The molecule has 0 radical (unpaired) electrons. The summed E-state index contributed by atoms with van der Waals surface area (Å²) in [6.07, 6.45) is 1.77. The summed E-state index contributed by atoms with van der Waals surface area (Å²) in [7, 11) is 0. The molecule has 3 aromatic rings. The number of thioether (sulfide) groups is 1. The van der Waals surface area contributed by atoms with Crippen molar-refractivity contribution in [1.29, 1.82) is 0 Å². The Labute approximate surface area is 102 Å². The molecular formula is C9H7N5O3S. The second kappa shape index (κ2) is 3.60. The van der Waals surface area contributed by atoms with Gasteiger partial charge >= 0.3 is 0 Å². The molecule has 0 amide bonds. The van der Waals surface area contributed by atoms with E-state index in [2.05, 4.69) is 25.4 Å². The highest BCUT2D eigenvalue weighted by molar-refractivity contribution is 7.98. The summed E-state index contributed by atoms with van der Waals surface area (Å²) < 4.78 is 0. The Morgan fingerprint density at radius 3 is 2.50 bits per heavy atom. The molecule has 0 unspecified atom stereocenters. The van der Waals surface area contributed by atoms with Crippen molar-refractivity contribution in [3.05, 3.63) is 30.9 Å². The number of aromatic nitrogens is 5. The van der Waals surface area contributed by atoms with Crippen LogP contribution >= 0.6 is 11.8 Å². The lowest BCUT2D eigenvalue weighted by Crippen LogP contribution is -2.25. The van der Waals surface area contributed by atoms with Crippen LogP contribution in [0.1, 0.15) is 0 Å². The van der Waals surface area contributed by atoms with Crippen molar-refractivity contribution in [2.45, 2.75) is 5.03 Å². The zero-order valence-electron chi connectivity index (χ0n) is 9.08. The number of H-pyrrole nitrogens is 4. The summed E-state index contributed by atoms with van der Waals surface area (Å²) in [5, 5.41) is 11.4. The summed E-state index contributed by atoms with van der Waals surface area (Å²) in [4.78, 5) is 38.2. The SMILES string of the molecule is CSc1n[nH]c2[nH]c3c(=O)[nH][nH]c(=O)c3c(=O)c12. The van der Waals surface area contributed by atoms with Crippen molar-refractivity contribution in [3.63, 3.8) is 0 Å². The van der Waals surface area contributed by atoms with E-state index in [1.807, 2.05) is 0 Å². The molecule has 0 spiro atoms. The van der Waals surface area contributed by atoms with Crippen LogP contribution in [0, 0.1) is 0 Å². The van der Waals surface area contributed by atoms with Gasteiger partial charge in [0, 0.05) is 0 Å². The van der Waals surface area contributed by atoms with Gasteiger partial charge in [-0.15, -0.1) is 11.8 Å². The molecule has 3 aromatic heterocycles. The molecule has 18 heavy (non-hydrogen) atoms. The van der Waals surface area contributed by atoms with Crippen LogP contribution in [0.15, 0.2) is 19.4 Å². The molecule has 9 heteroatoms. The van der Waals surface area contributed by atoms with E-state index in [4.69, 9.17) is 0 Å². The van der Waals surface area contributed by atoms with E-state index < -0.39 is 16.5 Å². The van der Waals surface area contributed by atoms with Gasteiger partial charge < -0.3 is 4.98 Å². The van der Waals surface area contributed by atoms with E-state index in [1.165, 1.54) is 11.8 Å². The van der Waals surface area contributed by atoms with E-state index >= 15 is 0 Å². The first-order chi connectivity index (χ1) is 8.63. The standard InChI is InChI=1S/C9H7N5O3S/c1-18-9-3-5(15)2-4(10-6(3)11-14-9)8(17)13-12-7(2)16/h1H3,(H,12,16)(H,13,17)(H2,10,11,14,15). The number of pyridine rings is 1. The lowest BCUT2D eigenvalue weighted by Gasteiger charge is -1.96. The van der Waals surface area contributed by atoms with Crippen LogP contribution in [0.4, 0.5) is 0 Å². The Bertz CT molecular complexity index is 931. The average molecular weight is 265 g/mol. The summed E-state index contributed by atoms with van der Waals surface area (Å²) in [5.41, 5.74) is -1.45. The number of nitrogens with one attached hydrogen (secondary N) is 4. The minimum Gasteiger partial charge on any atom is -0.335 e. The molecule has 0 aromatic carbocycles. The fourth-order valence-electron chi connectivity index (χ4n) is 1.83. The minimum absolute atomic E-state index is 0.0625. The molecule has 0 atom stereocenters. The maximum atomic E-state index is 12.2. The topological polar surface area (TPSA) is 127 Å². The van der Waals surface area contributed by atoms with Crippen LogP contribution < -0.4 is 16.5 Å². The number of fused-ring (bicyclic) bond motifs is 2. The second-order valence-electron chi connectivity index (χ2n) is 3.60. The van der Waals surface area contributed by atoms with Gasteiger partial charge in [-0.3, -0.25) is 29.7 Å². The van der Waals surface area contributed by atoms with Gasteiger partial charge in [-0.2, -0.15) is 5.10 Å². The fourth-order valence-corrected chi connectivity index (χ4v) is 2.36. The van der Waals surface area contributed by atoms with Crippen molar-refractivity contribution in [2.24, 2.45) is 0 Å². The molecule has 3 heterocycles. The Kier molecular flexibility index (Phi) is 2.17. The summed E-state index contributed by atoms with van der Waals surface area (Å²) in [5.74, 6) is 0. The third-order valence-electron chi connectivity index (χ3n) is 2.62. The van der Waals surface area contributed by atoms with Gasteiger partial charge in [0.25, 0.3) is 11.1 Å². The normalized spacial score (nSPS) is 11.4. The van der Waals surface area contributed by atoms with E-state index in [1.54, 1.807) is 6.26 Å². The number of hydrogen-bond donors (Lipinski definition) is 4. The highest BCUT2D eigenvalue weighted by Gasteiger charge is 2.16. The Hall–Kier alpha value is -2.29. The molecule has 0 aliphatic carbocycles. The van der Waals surface area contributed by atoms with Crippen molar-refractivity contribution in [3.8, 4) is 0 Å². The number of rotatable bonds is 1. The number of hydrogen-bond acceptors (Lipinski definition) is 5. The second-order valence-corrected chi connectivity index (χ2v) is 4.39. The van der Waals surface area contributed by atoms with Gasteiger partial charge in [-0.25, -0.2) is 0 Å². The molecule has 0 saturated heterocycles. The van der Waals surface area contributed by atoms with Crippen LogP contribution in [0.5, 0.6) is 0 Å². The Morgan fingerprint density at radius 1 is 1.06 bits per heavy atom. The highest BCUT2D eigenvalue weighted by Crippen LogP contribution is 2.19. The van der Waals surface area contributed by atoms with Crippen LogP contribution in [0.25, 0.3) is 21.9 Å². The average Bonchev–Trinajstić information content (AvgIpc) is 2.77. The summed E-state index contributed by atoms with van der Waals surface area (Å²) in [6.45, 7) is 0. The zero-order valence-corrected chi connectivity index (χ0v) is 9.90. The van der Waals surface area contributed by atoms with Gasteiger partial charge in [0.1, 0.15) is 21.6 Å². The largest absolute Gasteiger partial charge is 0.335 e. The first-order valence-corrected chi connectivity index (χ1v) is 6.15. The van der Waals surface area contributed by atoms with Gasteiger partial charge in [0.15, 0.2) is 0 Å². The fraction of sp³-hybridized carbons (Fsp3) is 0.111. The van der Waals surface area contributed by atoms with E-state index in [0.717, 1.165) is 0 Å². The highest BCUT2D eigenvalue weighted by atomic mass is 32.2. The molecule has 0 aliphatic rings. The van der Waals surface area contributed by atoms with Crippen molar-refractivity contribution >= 4 is 33.7 Å².